The average Bonchev–Trinajstić information content (AvgIpc) is 2.21. The third-order valence-electron chi connectivity index (χ3n) is 1.90. The Morgan fingerprint density at radius 2 is 2.07 bits per heavy atom. The van der Waals surface area contributed by atoms with Crippen LogP contribution in [0.1, 0.15) is 23.7 Å². The Bertz CT molecular complexity index is 392. The van der Waals surface area contributed by atoms with E-state index in [4.69, 9.17) is 34.8 Å². The van der Waals surface area contributed by atoms with Crippen LogP contribution in [0.15, 0.2) is 12.1 Å². The van der Waals surface area contributed by atoms with E-state index in [1.165, 1.54) is 6.07 Å². The zero-order chi connectivity index (χ0) is 11.6. The lowest BCUT2D eigenvalue weighted by atomic mass is 10.1. The smallest absolute Gasteiger partial charge is 0.182 e. The molecule has 1 aromatic rings. The number of hydrogen-bond donors (Lipinski definition) is 0. The standard InChI is InChI=1S/C10H8Cl3FO/c1-2-7(12)10(15)6-3-5(11)4-8(14)9(6)13/h3-4,7H,2H2,1H3. The SMILES string of the molecule is CCC(Cl)C(=O)c1cc(Cl)cc(F)c1Cl. The van der Waals surface area contributed by atoms with Gasteiger partial charge in [-0.2, -0.15) is 0 Å². The van der Waals surface area contributed by atoms with Crippen molar-refractivity contribution in [2.75, 3.05) is 0 Å². The Morgan fingerprint density at radius 3 is 2.60 bits per heavy atom. The summed E-state index contributed by atoms with van der Waals surface area (Å²) in [6.45, 7) is 1.75. The van der Waals surface area contributed by atoms with Gasteiger partial charge < -0.3 is 0 Å². The highest BCUT2D eigenvalue weighted by molar-refractivity contribution is 6.40. The normalized spacial score (nSPS) is 12.6. The number of Topliss-reactive ketones (excluding diaryl/α,β-unsaturated/α-hetero) is 1. The summed E-state index contributed by atoms with van der Waals surface area (Å²) in [5.41, 5.74) is 0.0310. The zero-order valence-electron chi connectivity index (χ0n) is 7.86. The van der Waals surface area contributed by atoms with Crippen LogP contribution in [0.5, 0.6) is 0 Å². The van der Waals surface area contributed by atoms with Crippen LogP contribution in [0.4, 0.5) is 4.39 Å². The molecular weight excluding hydrogens is 261 g/mol. The van der Waals surface area contributed by atoms with Crippen LogP contribution in [0.2, 0.25) is 10.0 Å². The number of hydrogen-bond acceptors (Lipinski definition) is 1. The van der Waals surface area contributed by atoms with E-state index in [0.29, 0.717) is 6.42 Å². The summed E-state index contributed by atoms with van der Waals surface area (Å²) < 4.78 is 13.2. The fourth-order valence-electron chi connectivity index (χ4n) is 1.09. The number of alkyl halides is 1. The van der Waals surface area contributed by atoms with Crippen LogP contribution in [-0.4, -0.2) is 11.2 Å². The van der Waals surface area contributed by atoms with Crippen molar-refractivity contribution in [3.63, 3.8) is 0 Å². The fraction of sp³-hybridized carbons (Fsp3) is 0.300. The number of carbonyl (C=O) groups is 1. The summed E-state index contributed by atoms with van der Waals surface area (Å²) in [6, 6.07) is 2.37. The van der Waals surface area contributed by atoms with Crippen molar-refractivity contribution in [1.29, 1.82) is 0 Å². The molecule has 0 saturated carbocycles. The van der Waals surface area contributed by atoms with Gasteiger partial charge in [-0.05, 0) is 18.6 Å². The van der Waals surface area contributed by atoms with E-state index >= 15 is 0 Å². The molecule has 1 aromatic carbocycles. The Balaban J connectivity index is 3.19. The van der Waals surface area contributed by atoms with Gasteiger partial charge in [0.25, 0.3) is 0 Å². The van der Waals surface area contributed by atoms with Crippen molar-refractivity contribution in [2.24, 2.45) is 0 Å². The molecular formula is C10H8Cl3FO. The number of carbonyl (C=O) groups excluding carboxylic acids is 1. The van der Waals surface area contributed by atoms with Crippen molar-refractivity contribution < 1.29 is 9.18 Å². The van der Waals surface area contributed by atoms with E-state index in [2.05, 4.69) is 0 Å². The molecule has 0 spiro atoms. The third-order valence-corrected chi connectivity index (χ3v) is 3.01. The monoisotopic (exact) mass is 268 g/mol. The molecule has 0 N–H and O–H groups in total. The number of benzene rings is 1. The molecule has 0 bridgehead atoms. The van der Waals surface area contributed by atoms with Gasteiger partial charge in [0, 0.05) is 10.6 Å². The van der Waals surface area contributed by atoms with E-state index in [-0.39, 0.29) is 15.6 Å². The van der Waals surface area contributed by atoms with Crippen LogP contribution < -0.4 is 0 Å². The summed E-state index contributed by atoms with van der Waals surface area (Å²) >= 11 is 17.0. The van der Waals surface area contributed by atoms with Gasteiger partial charge in [-0.1, -0.05) is 30.1 Å². The molecule has 0 heterocycles. The van der Waals surface area contributed by atoms with Crippen molar-refractivity contribution >= 4 is 40.6 Å². The molecule has 0 aliphatic rings. The first-order valence-electron chi connectivity index (χ1n) is 4.30. The van der Waals surface area contributed by atoms with Gasteiger partial charge in [-0.25, -0.2) is 4.39 Å². The summed E-state index contributed by atoms with van der Waals surface area (Å²) in [4.78, 5) is 11.7. The zero-order valence-corrected chi connectivity index (χ0v) is 10.1. The Morgan fingerprint density at radius 1 is 1.47 bits per heavy atom. The van der Waals surface area contributed by atoms with E-state index in [9.17, 15) is 9.18 Å². The van der Waals surface area contributed by atoms with Crippen molar-refractivity contribution in [3.05, 3.63) is 33.6 Å². The predicted octanol–water partition coefficient (Wildman–Crippen LogP) is 4.33. The van der Waals surface area contributed by atoms with Crippen LogP contribution in [0.25, 0.3) is 0 Å². The molecule has 5 heteroatoms. The van der Waals surface area contributed by atoms with E-state index in [1.807, 2.05) is 0 Å². The molecule has 0 fully saturated rings. The largest absolute Gasteiger partial charge is 0.292 e. The Hall–Kier alpha value is -0.310. The molecule has 0 aliphatic heterocycles. The highest BCUT2D eigenvalue weighted by Gasteiger charge is 2.20. The minimum atomic E-state index is -0.715. The lowest BCUT2D eigenvalue weighted by Gasteiger charge is -2.08. The van der Waals surface area contributed by atoms with E-state index < -0.39 is 17.0 Å². The average molecular weight is 270 g/mol. The van der Waals surface area contributed by atoms with Gasteiger partial charge in [-0.15, -0.1) is 11.6 Å². The molecule has 1 atom stereocenters. The molecule has 0 radical (unpaired) electrons. The maximum Gasteiger partial charge on any atom is 0.182 e. The fourth-order valence-corrected chi connectivity index (χ4v) is 1.61. The van der Waals surface area contributed by atoms with E-state index in [0.717, 1.165) is 6.07 Å². The van der Waals surface area contributed by atoms with Crippen molar-refractivity contribution in [1.82, 2.24) is 0 Å². The van der Waals surface area contributed by atoms with Crippen molar-refractivity contribution in [2.45, 2.75) is 18.7 Å². The molecule has 82 valence electrons. The number of halogens is 4. The first-order chi connectivity index (χ1) is 6.97. The second kappa shape index (κ2) is 5.15. The van der Waals surface area contributed by atoms with Gasteiger partial charge in [0.1, 0.15) is 5.82 Å². The molecule has 0 aromatic heterocycles. The maximum absolute atomic E-state index is 13.2. The van der Waals surface area contributed by atoms with Crippen molar-refractivity contribution in [3.8, 4) is 0 Å². The van der Waals surface area contributed by atoms with Crippen LogP contribution in [-0.2, 0) is 0 Å². The second-order valence-corrected chi connectivity index (χ2v) is 4.33. The third kappa shape index (κ3) is 2.83. The van der Waals surface area contributed by atoms with Gasteiger partial charge in [0.05, 0.1) is 10.4 Å². The quantitative estimate of drug-likeness (QED) is 0.453. The summed E-state index contributed by atoms with van der Waals surface area (Å²) in [6.07, 6.45) is 0.449. The van der Waals surface area contributed by atoms with Crippen LogP contribution >= 0.6 is 34.8 Å². The number of rotatable bonds is 3. The Labute approximate surface area is 102 Å². The lowest BCUT2D eigenvalue weighted by Crippen LogP contribution is -2.14. The summed E-state index contributed by atoms with van der Waals surface area (Å²) in [5.74, 6) is -1.13. The van der Waals surface area contributed by atoms with Gasteiger partial charge in [0.2, 0.25) is 0 Å². The second-order valence-electron chi connectivity index (χ2n) is 2.99. The highest BCUT2D eigenvalue weighted by Crippen LogP contribution is 2.27. The summed E-state index contributed by atoms with van der Waals surface area (Å²) in [7, 11) is 0. The minimum Gasteiger partial charge on any atom is -0.292 e. The summed E-state index contributed by atoms with van der Waals surface area (Å²) in [5, 5.41) is -0.816. The molecule has 0 saturated heterocycles. The van der Waals surface area contributed by atoms with Crippen LogP contribution in [0, 0.1) is 5.82 Å². The molecule has 0 amide bonds. The van der Waals surface area contributed by atoms with Gasteiger partial charge >= 0.3 is 0 Å². The molecule has 1 rings (SSSR count). The van der Waals surface area contributed by atoms with Gasteiger partial charge in [-0.3, -0.25) is 4.79 Å². The van der Waals surface area contributed by atoms with Crippen LogP contribution in [0.3, 0.4) is 0 Å². The first-order valence-corrected chi connectivity index (χ1v) is 5.49. The highest BCUT2D eigenvalue weighted by atomic mass is 35.5. The molecule has 15 heavy (non-hydrogen) atoms. The first kappa shape index (κ1) is 12.8. The maximum atomic E-state index is 13.2. The molecule has 1 nitrogen and oxygen atoms in total. The number of ketones is 1. The minimum absolute atomic E-state index is 0.0310. The Kier molecular flexibility index (Phi) is 4.38. The van der Waals surface area contributed by atoms with Gasteiger partial charge in [0.15, 0.2) is 5.78 Å². The van der Waals surface area contributed by atoms with E-state index in [1.54, 1.807) is 6.92 Å². The molecule has 0 aliphatic carbocycles. The molecule has 1 unspecified atom stereocenters. The predicted molar refractivity (Wildman–Crippen MR) is 60.7 cm³/mol. The topological polar surface area (TPSA) is 17.1 Å². The lowest BCUT2D eigenvalue weighted by molar-refractivity contribution is 0.0985.